The standard InChI is InChI=1S/C13H20FN3/c1-11(17-8-3-2-4-9-17)10-16-13-12(14)6-5-7-15-13/h5-7,11H,2-4,8-10H2,1H3,(H,15,16). The number of aromatic nitrogens is 1. The fourth-order valence-corrected chi connectivity index (χ4v) is 2.25. The monoisotopic (exact) mass is 237 g/mol. The number of halogens is 1. The molecule has 17 heavy (non-hydrogen) atoms. The molecule has 0 saturated carbocycles. The fraction of sp³-hybridized carbons (Fsp3) is 0.615. The molecule has 0 aliphatic carbocycles. The molecule has 4 heteroatoms. The molecule has 2 rings (SSSR count). The minimum absolute atomic E-state index is 0.279. The number of pyridine rings is 1. The van der Waals surface area contributed by atoms with Gasteiger partial charge in [-0.15, -0.1) is 0 Å². The van der Waals surface area contributed by atoms with Crippen molar-refractivity contribution in [2.45, 2.75) is 32.2 Å². The van der Waals surface area contributed by atoms with E-state index >= 15 is 0 Å². The molecule has 0 bridgehead atoms. The summed E-state index contributed by atoms with van der Waals surface area (Å²) in [5.41, 5.74) is 0. The van der Waals surface area contributed by atoms with Gasteiger partial charge in [0.25, 0.3) is 0 Å². The lowest BCUT2D eigenvalue weighted by Crippen LogP contribution is -2.41. The van der Waals surface area contributed by atoms with E-state index in [0.717, 1.165) is 19.6 Å². The largest absolute Gasteiger partial charge is 0.366 e. The van der Waals surface area contributed by atoms with E-state index in [1.54, 1.807) is 12.3 Å². The van der Waals surface area contributed by atoms with E-state index in [1.165, 1.54) is 25.3 Å². The average Bonchev–Trinajstić information content (AvgIpc) is 2.38. The van der Waals surface area contributed by atoms with Gasteiger partial charge >= 0.3 is 0 Å². The first-order valence-corrected chi connectivity index (χ1v) is 6.36. The first kappa shape index (κ1) is 12.3. The first-order valence-electron chi connectivity index (χ1n) is 6.36. The van der Waals surface area contributed by atoms with Crippen LogP contribution in [-0.4, -0.2) is 35.6 Å². The van der Waals surface area contributed by atoms with Crippen molar-refractivity contribution in [2.24, 2.45) is 0 Å². The summed E-state index contributed by atoms with van der Waals surface area (Å²) in [7, 11) is 0. The molecule has 3 nitrogen and oxygen atoms in total. The third-order valence-electron chi connectivity index (χ3n) is 3.34. The Morgan fingerprint density at radius 2 is 2.18 bits per heavy atom. The molecule has 0 amide bonds. The zero-order valence-corrected chi connectivity index (χ0v) is 10.3. The summed E-state index contributed by atoms with van der Waals surface area (Å²) in [4.78, 5) is 6.45. The molecule has 1 aromatic rings. The van der Waals surface area contributed by atoms with E-state index in [2.05, 4.69) is 22.1 Å². The summed E-state index contributed by atoms with van der Waals surface area (Å²) in [5, 5.41) is 3.08. The predicted molar refractivity (Wildman–Crippen MR) is 67.6 cm³/mol. The van der Waals surface area contributed by atoms with Crippen molar-refractivity contribution in [1.29, 1.82) is 0 Å². The van der Waals surface area contributed by atoms with Gasteiger partial charge in [0.1, 0.15) is 0 Å². The molecular formula is C13H20FN3. The predicted octanol–water partition coefficient (Wildman–Crippen LogP) is 2.51. The van der Waals surface area contributed by atoms with Gasteiger partial charge in [0.05, 0.1) is 0 Å². The molecule has 0 radical (unpaired) electrons. The van der Waals surface area contributed by atoms with Crippen molar-refractivity contribution in [2.75, 3.05) is 25.0 Å². The molecule has 1 atom stereocenters. The second kappa shape index (κ2) is 5.96. The summed E-state index contributed by atoms with van der Waals surface area (Å²) in [6.45, 7) is 5.24. The zero-order chi connectivity index (χ0) is 12.1. The van der Waals surface area contributed by atoms with Crippen LogP contribution in [0.4, 0.5) is 10.2 Å². The maximum Gasteiger partial charge on any atom is 0.165 e. The Kier molecular flexibility index (Phi) is 4.31. The van der Waals surface area contributed by atoms with Crippen LogP contribution in [0.2, 0.25) is 0 Å². The van der Waals surface area contributed by atoms with Crippen LogP contribution < -0.4 is 5.32 Å². The maximum atomic E-state index is 13.3. The average molecular weight is 237 g/mol. The van der Waals surface area contributed by atoms with E-state index in [1.807, 2.05) is 0 Å². The van der Waals surface area contributed by atoms with Gasteiger partial charge < -0.3 is 5.32 Å². The summed E-state index contributed by atoms with van der Waals surface area (Å²) in [6.07, 6.45) is 5.51. The van der Waals surface area contributed by atoms with Gasteiger partial charge in [-0.1, -0.05) is 6.42 Å². The van der Waals surface area contributed by atoms with Crippen molar-refractivity contribution >= 4 is 5.82 Å². The lowest BCUT2D eigenvalue weighted by atomic mass is 10.1. The smallest absolute Gasteiger partial charge is 0.165 e. The number of piperidine rings is 1. The highest BCUT2D eigenvalue weighted by atomic mass is 19.1. The van der Waals surface area contributed by atoms with Crippen LogP contribution in [0.15, 0.2) is 18.3 Å². The molecule has 1 saturated heterocycles. The summed E-state index contributed by atoms with van der Waals surface area (Å²) in [6, 6.07) is 3.46. The van der Waals surface area contributed by atoms with E-state index in [9.17, 15) is 4.39 Å². The van der Waals surface area contributed by atoms with Crippen molar-refractivity contribution in [3.8, 4) is 0 Å². The fourth-order valence-electron chi connectivity index (χ4n) is 2.25. The molecule has 0 spiro atoms. The number of rotatable bonds is 4. The number of likely N-dealkylation sites (tertiary alicyclic amines) is 1. The van der Waals surface area contributed by atoms with Crippen molar-refractivity contribution in [3.05, 3.63) is 24.1 Å². The number of hydrogen-bond acceptors (Lipinski definition) is 3. The number of anilines is 1. The molecule has 1 aliphatic heterocycles. The van der Waals surface area contributed by atoms with Gasteiger partial charge in [0.15, 0.2) is 11.6 Å². The Bertz CT molecular complexity index is 350. The van der Waals surface area contributed by atoms with E-state index in [0.29, 0.717) is 11.9 Å². The normalized spacial score (nSPS) is 18.9. The lowest BCUT2D eigenvalue weighted by Gasteiger charge is -2.32. The zero-order valence-electron chi connectivity index (χ0n) is 10.3. The van der Waals surface area contributed by atoms with Crippen LogP contribution in [0.3, 0.4) is 0 Å². The molecule has 2 heterocycles. The highest BCUT2D eigenvalue weighted by molar-refractivity contribution is 5.35. The molecular weight excluding hydrogens is 217 g/mol. The summed E-state index contributed by atoms with van der Waals surface area (Å²) >= 11 is 0. The van der Waals surface area contributed by atoms with Crippen LogP contribution >= 0.6 is 0 Å². The lowest BCUT2D eigenvalue weighted by molar-refractivity contribution is 0.180. The van der Waals surface area contributed by atoms with Crippen molar-refractivity contribution in [1.82, 2.24) is 9.88 Å². The van der Waals surface area contributed by atoms with Crippen LogP contribution in [0.1, 0.15) is 26.2 Å². The Morgan fingerprint density at radius 1 is 1.41 bits per heavy atom. The Labute approximate surface area is 102 Å². The molecule has 0 aromatic carbocycles. The van der Waals surface area contributed by atoms with Crippen molar-refractivity contribution in [3.63, 3.8) is 0 Å². The second-order valence-corrected chi connectivity index (χ2v) is 4.66. The molecule has 1 aliphatic rings. The quantitative estimate of drug-likeness (QED) is 0.872. The van der Waals surface area contributed by atoms with Gasteiger partial charge in [-0.2, -0.15) is 0 Å². The second-order valence-electron chi connectivity index (χ2n) is 4.66. The van der Waals surface area contributed by atoms with Gasteiger partial charge in [-0.05, 0) is 45.0 Å². The summed E-state index contributed by atoms with van der Waals surface area (Å²) in [5.74, 6) is 0.0784. The number of nitrogens with one attached hydrogen (secondary N) is 1. The Hall–Kier alpha value is -1.16. The Morgan fingerprint density at radius 3 is 2.88 bits per heavy atom. The van der Waals surface area contributed by atoms with Crippen LogP contribution in [0.5, 0.6) is 0 Å². The highest BCUT2D eigenvalue weighted by Crippen LogP contribution is 2.13. The van der Waals surface area contributed by atoms with Crippen LogP contribution in [-0.2, 0) is 0 Å². The van der Waals surface area contributed by atoms with Gasteiger partial charge in [0.2, 0.25) is 0 Å². The van der Waals surface area contributed by atoms with Gasteiger partial charge in [-0.3, -0.25) is 4.90 Å². The maximum absolute atomic E-state index is 13.3. The topological polar surface area (TPSA) is 28.2 Å². The third-order valence-corrected chi connectivity index (χ3v) is 3.34. The van der Waals surface area contributed by atoms with Gasteiger partial charge in [0, 0.05) is 18.8 Å². The molecule has 1 N–H and O–H groups in total. The van der Waals surface area contributed by atoms with Crippen LogP contribution in [0, 0.1) is 5.82 Å². The number of nitrogens with zero attached hydrogens (tertiary/aromatic N) is 2. The first-order chi connectivity index (χ1) is 8.27. The van der Waals surface area contributed by atoms with Crippen molar-refractivity contribution < 1.29 is 4.39 Å². The molecule has 1 aromatic heterocycles. The molecule has 1 fully saturated rings. The minimum Gasteiger partial charge on any atom is -0.366 e. The third kappa shape index (κ3) is 3.40. The highest BCUT2D eigenvalue weighted by Gasteiger charge is 2.16. The van der Waals surface area contributed by atoms with Crippen LogP contribution in [0.25, 0.3) is 0 Å². The molecule has 94 valence electrons. The Balaban J connectivity index is 1.83. The summed E-state index contributed by atoms with van der Waals surface area (Å²) < 4.78 is 13.3. The minimum atomic E-state index is -0.279. The molecule has 1 unspecified atom stereocenters. The SMILES string of the molecule is CC(CNc1ncccc1F)N1CCCCC1. The number of hydrogen-bond donors (Lipinski definition) is 1. The van der Waals surface area contributed by atoms with Gasteiger partial charge in [-0.25, -0.2) is 9.37 Å². The van der Waals surface area contributed by atoms with E-state index in [-0.39, 0.29) is 5.82 Å². The van der Waals surface area contributed by atoms with E-state index < -0.39 is 0 Å². The van der Waals surface area contributed by atoms with E-state index in [4.69, 9.17) is 0 Å².